The summed E-state index contributed by atoms with van der Waals surface area (Å²) in [5.74, 6) is 0.714. The number of hydrogen-bond acceptors (Lipinski definition) is 3. The van der Waals surface area contributed by atoms with Crippen LogP contribution in [0.15, 0.2) is 24.3 Å². The lowest BCUT2D eigenvalue weighted by atomic mass is 10.2. The number of amidine groups is 1. The molecule has 1 aromatic rings. The number of nitrogens with two attached hydrogens (primary N) is 1. The first kappa shape index (κ1) is 11.5. The smallest absolute Gasteiger partial charge is 0.119 e. The van der Waals surface area contributed by atoms with Crippen molar-refractivity contribution >= 4 is 5.84 Å². The van der Waals surface area contributed by atoms with E-state index in [1.165, 1.54) is 0 Å². The van der Waals surface area contributed by atoms with E-state index in [0.29, 0.717) is 12.4 Å². The van der Waals surface area contributed by atoms with Crippen molar-refractivity contribution in [1.82, 2.24) is 0 Å². The number of benzene rings is 1. The molecule has 0 fully saturated rings. The van der Waals surface area contributed by atoms with Crippen LogP contribution in [-0.2, 0) is 6.61 Å². The SMILES string of the molecule is CC(COc1cccc(CO)c1)C(=N)N. The van der Waals surface area contributed by atoms with Gasteiger partial charge in [-0.2, -0.15) is 0 Å². The maximum atomic E-state index is 8.92. The van der Waals surface area contributed by atoms with Crippen molar-refractivity contribution in [3.63, 3.8) is 0 Å². The molecular formula is C11H16N2O2. The van der Waals surface area contributed by atoms with Gasteiger partial charge in [0.15, 0.2) is 0 Å². The summed E-state index contributed by atoms with van der Waals surface area (Å²) in [6.45, 7) is 2.21. The molecule has 0 aromatic heterocycles. The van der Waals surface area contributed by atoms with Crippen molar-refractivity contribution in [3.05, 3.63) is 29.8 Å². The molecule has 0 bridgehead atoms. The van der Waals surface area contributed by atoms with E-state index in [9.17, 15) is 0 Å². The predicted molar refractivity (Wildman–Crippen MR) is 58.9 cm³/mol. The minimum absolute atomic E-state index is 0.000534. The lowest BCUT2D eigenvalue weighted by Crippen LogP contribution is -2.25. The van der Waals surface area contributed by atoms with Crippen LogP contribution in [0.25, 0.3) is 0 Å². The van der Waals surface area contributed by atoms with E-state index in [2.05, 4.69) is 0 Å². The zero-order chi connectivity index (χ0) is 11.3. The molecule has 0 spiro atoms. The predicted octanol–water partition coefficient (Wildman–Crippen LogP) is 1.13. The monoisotopic (exact) mass is 208 g/mol. The molecule has 1 rings (SSSR count). The minimum Gasteiger partial charge on any atom is -0.493 e. The summed E-state index contributed by atoms with van der Waals surface area (Å²) in [6.07, 6.45) is 0. The Morgan fingerprint density at radius 3 is 2.93 bits per heavy atom. The quantitative estimate of drug-likeness (QED) is 0.501. The van der Waals surface area contributed by atoms with Gasteiger partial charge in [-0.05, 0) is 17.7 Å². The largest absolute Gasteiger partial charge is 0.493 e. The Labute approximate surface area is 89.2 Å². The molecule has 1 aromatic carbocycles. The van der Waals surface area contributed by atoms with Gasteiger partial charge in [-0.1, -0.05) is 19.1 Å². The van der Waals surface area contributed by atoms with E-state index in [-0.39, 0.29) is 18.4 Å². The number of ether oxygens (including phenoxy) is 1. The third-order valence-electron chi connectivity index (χ3n) is 2.11. The Morgan fingerprint density at radius 1 is 1.60 bits per heavy atom. The number of nitrogens with one attached hydrogen (secondary N) is 1. The molecular weight excluding hydrogens is 192 g/mol. The molecule has 1 unspecified atom stereocenters. The fourth-order valence-electron chi connectivity index (χ4n) is 1.04. The Balaban J connectivity index is 2.53. The molecule has 0 saturated heterocycles. The standard InChI is InChI=1S/C11H16N2O2/c1-8(11(12)13)7-15-10-4-2-3-9(5-10)6-14/h2-5,8,14H,6-7H2,1H3,(H3,12,13). The van der Waals surface area contributed by atoms with Crippen molar-refractivity contribution in [1.29, 1.82) is 5.41 Å². The lowest BCUT2D eigenvalue weighted by molar-refractivity contribution is 0.275. The van der Waals surface area contributed by atoms with Crippen molar-refractivity contribution in [3.8, 4) is 5.75 Å². The fraction of sp³-hybridized carbons (Fsp3) is 0.364. The van der Waals surface area contributed by atoms with Crippen LogP contribution in [0.3, 0.4) is 0 Å². The highest BCUT2D eigenvalue weighted by Gasteiger charge is 2.05. The van der Waals surface area contributed by atoms with Gasteiger partial charge in [0.2, 0.25) is 0 Å². The second kappa shape index (κ2) is 5.36. The summed E-state index contributed by atoms with van der Waals surface area (Å²) in [7, 11) is 0. The first-order valence-electron chi connectivity index (χ1n) is 4.80. The van der Waals surface area contributed by atoms with E-state index < -0.39 is 0 Å². The number of aliphatic hydroxyl groups excluding tert-OH is 1. The summed E-state index contributed by atoms with van der Waals surface area (Å²) in [4.78, 5) is 0. The second-order valence-electron chi connectivity index (χ2n) is 3.47. The fourth-order valence-corrected chi connectivity index (χ4v) is 1.04. The van der Waals surface area contributed by atoms with E-state index in [1.807, 2.05) is 25.1 Å². The molecule has 0 aliphatic carbocycles. The third kappa shape index (κ3) is 3.59. The molecule has 0 aliphatic rings. The summed E-state index contributed by atoms with van der Waals surface area (Å²) >= 11 is 0. The van der Waals surface area contributed by atoms with Crippen molar-refractivity contribution in [2.45, 2.75) is 13.5 Å². The normalized spacial score (nSPS) is 12.1. The van der Waals surface area contributed by atoms with Gasteiger partial charge in [0.1, 0.15) is 5.75 Å². The average Bonchev–Trinajstić information content (AvgIpc) is 2.26. The van der Waals surface area contributed by atoms with E-state index in [4.69, 9.17) is 21.0 Å². The van der Waals surface area contributed by atoms with Crippen molar-refractivity contribution in [2.24, 2.45) is 11.7 Å². The molecule has 0 saturated carbocycles. The second-order valence-corrected chi connectivity index (χ2v) is 3.47. The van der Waals surface area contributed by atoms with Crippen LogP contribution in [0.1, 0.15) is 12.5 Å². The highest BCUT2D eigenvalue weighted by molar-refractivity contribution is 5.79. The molecule has 1 atom stereocenters. The van der Waals surface area contributed by atoms with Gasteiger partial charge < -0.3 is 15.6 Å². The van der Waals surface area contributed by atoms with Crippen molar-refractivity contribution in [2.75, 3.05) is 6.61 Å². The summed E-state index contributed by atoms with van der Waals surface area (Å²) in [6, 6.07) is 7.22. The first-order chi connectivity index (χ1) is 7.13. The Kier molecular flexibility index (Phi) is 4.12. The van der Waals surface area contributed by atoms with Gasteiger partial charge in [0.25, 0.3) is 0 Å². The lowest BCUT2D eigenvalue weighted by Gasteiger charge is -2.11. The first-order valence-corrected chi connectivity index (χ1v) is 4.80. The Hall–Kier alpha value is -1.55. The van der Waals surface area contributed by atoms with Gasteiger partial charge in [0, 0.05) is 5.92 Å². The molecule has 4 heteroatoms. The van der Waals surface area contributed by atoms with Crippen molar-refractivity contribution < 1.29 is 9.84 Å². The molecule has 4 nitrogen and oxygen atoms in total. The van der Waals surface area contributed by atoms with Gasteiger partial charge in [-0.15, -0.1) is 0 Å². The summed E-state index contributed by atoms with van der Waals surface area (Å²) in [5, 5.41) is 16.1. The molecule has 0 heterocycles. The van der Waals surface area contributed by atoms with Crippen LogP contribution >= 0.6 is 0 Å². The highest BCUT2D eigenvalue weighted by atomic mass is 16.5. The molecule has 4 N–H and O–H groups in total. The molecule has 0 radical (unpaired) electrons. The summed E-state index contributed by atoms with van der Waals surface area (Å²) < 4.78 is 5.44. The molecule has 82 valence electrons. The molecule has 0 aliphatic heterocycles. The highest BCUT2D eigenvalue weighted by Crippen LogP contribution is 2.14. The zero-order valence-corrected chi connectivity index (χ0v) is 8.73. The van der Waals surface area contributed by atoms with E-state index >= 15 is 0 Å². The van der Waals surface area contributed by atoms with Crippen LogP contribution < -0.4 is 10.5 Å². The number of hydrogen-bond donors (Lipinski definition) is 3. The Bertz CT molecular complexity index is 339. The molecule has 0 amide bonds. The topological polar surface area (TPSA) is 79.3 Å². The minimum atomic E-state index is -0.0946. The van der Waals surface area contributed by atoms with Gasteiger partial charge in [-0.3, -0.25) is 5.41 Å². The maximum absolute atomic E-state index is 8.92. The average molecular weight is 208 g/mol. The van der Waals surface area contributed by atoms with E-state index in [1.54, 1.807) is 6.07 Å². The van der Waals surface area contributed by atoms with Crippen LogP contribution in [0, 0.1) is 11.3 Å². The van der Waals surface area contributed by atoms with Crippen LogP contribution in [0.4, 0.5) is 0 Å². The van der Waals surface area contributed by atoms with Gasteiger partial charge >= 0.3 is 0 Å². The maximum Gasteiger partial charge on any atom is 0.119 e. The number of rotatable bonds is 5. The summed E-state index contributed by atoms with van der Waals surface area (Å²) in [5.41, 5.74) is 6.13. The van der Waals surface area contributed by atoms with Crippen LogP contribution in [-0.4, -0.2) is 17.5 Å². The van der Waals surface area contributed by atoms with Crippen LogP contribution in [0.2, 0.25) is 0 Å². The molecule has 15 heavy (non-hydrogen) atoms. The van der Waals surface area contributed by atoms with E-state index in [0.717, 1.165) is 5.56 Å². The van der Waals surface area contributed by atoms with Gasteiger partial charge in [-0.25, -0.2) is 0 Å². The third-order valence-corrected chi connectivity index (χ3v) is 2.11. The zero-order valence-electron chi connectivity index (χ0n) is 8.73. The van der Waals surface area contributed by atoms with Crippen LogP contribution in [0.5, 0.6) is 5.75 Å². The Morgan fingerprint density at radius 2 is 2.33 bits per heavy atom. The van der Waals surface area contributed by atoms with Gasteiger partial charge in [0.05, 0.1) is 19.0 Å². The number of aliphatic hydroxyl groups is 1.